The molecular weight excluding hydrogens is 445 g/mol. The molecule has 126 valence electrons. The maximum absolute atomic E-state index is 2.39. The van der Waals surface area contributed by atoms with E-state index in [2.05, 4.69) is 79.7 Å². The van der Waals surface area contributed by atoms with Crippen molar-refractivity contribution in [3.8, 4) is 0 Å². The summed E-state index contributed by atoms with van der Waals surface area (Å²) < 4.78 is 2.46. The summed E-state index contributed by atoms with van der Waals surface area (Å²) in [5.41, 5.74) is 4.76. The van der Waals surface area contributed by atoms with Gasteiger partial charge in [0.2, 0.25) is 0 Å². The van der Waals surface area contributed by atoms with Crippen molar-refractivity contribution in [1.29, 1.82) is 0 Å². The molecule has 0 radical (unpaired) electrons. The van der Waals surface area contributed by atoms with Gasteiger partial charge in [0.05, 0.1) is 0 Å². The minimum atomic E-state index is -0.589. The molecule has 2 aliphatic carbocycles. The Labute approximate surface area is 176 Å². The summed E-state index contributed by atoms with van der Waals surface area (Å²) in [5.74, 6) is 0. The molecule has 25 heavy (non-hydrogen) atoms. The number of fused-ring (bicyclic) bond motifs is 1. The van der Waals surface area contributed by atoms with Crippen LogP contribution in [-0.4, -0.2) is 0 Å². The molecule has 0 spiro atoms. The molecule has 2 atom stereocenters. The maximum atomic E-state index is 2.39. The van der Waals surface area contributed by atoms with E-state index in [1.54, 1.807) is 19.7 Å². The molecule has 0 fully saturated rings. The molecule has 4 rings (SSSR count). The number of hydrogen-bond acceptors (Lipinski definition) is 0. The van der Waals surface area contributed by atoms with Crippen molar-refractivity contribution in [1.82, 2.24) is 0 Å². The van der Waals surface area contributed by atoms with Crippen LogP contribution in [0.5, 0.6) is 0 Å². The minimum Gasteiger partial charge on any atom is -1.00 e. The summed E-state index contributed by atoms with van der Waals surface area (Å²) in [7, 11) is 0.777. The number of halogens is 2. The molecule has 2 unspecified atom stereocenters. The van der Waals surface area contributed by atoms with E-state index in [1.165, 1.54) is 17.3 Å². The number of benzene rings is 2. The predicted octanol–water partition coefficient (Wildman–Crippen LogP) is -0.589. The second-order valence-corrected chi connectivity index (χ2v) is 11.1. The molecule has 0 N–H and O–H groups in total. The van der Waals surface area contributed by atoms with Gasteiger partial charge >= 0.3 is 152 Å². The maximum Gasteiger partial charge on any atom is -1.00 e. The fourth-order valence-electron chi connectivity index (χ4n) is 3.32. The third-order valence-electron chi connectivity index (χ3n) is 4.51. The van der Waals surface area contributed by atoms with E-state index in [-0.39, 0.29) is 24.8 Å². The fourth-order valence-corrected chi connectivity index (χ4v) is 8.88. The molecular formula is C21H19Cl2PZr. The van der Waals surface area contributed by atoms with Gasteiger partial charge in [0.15, 0.2) is 0 Å². The van der Waals surface area contributed by atoms with Crippen molar-refractivity contribution >= 4 is 19.2 Å². The first kappa shape index (κ1) is 20.9. The van der Waals surface area contributed by atoms with Crippen molar-refractivity contribution in [2.75, 3.05) is 0 Å². The Bertz CT molecular complexity index is 825. The number of allylic oxidation sites excluding steroid dienone is 5. The van der Waals surface area contributed by atoms with Crippen molar-refractivity contribution in [3.05, 3.63) is 92.8 Å². The zero-order chi connectivity index (χ0) is 15.6. The molecule has 0 saturated carbocycles. The summed E-state index contributed by atoms with van der Waals surface area (Å²) in [6.45, 7) is 2.39. The average Bonchev–Trinajstić information content (AvgIpc) is 3.19. The van der Waals surface area contributed by atoms with Crippen LogP contribution in [0.1, 0.15) is 28.1 Å². The number of rotatable bonds is 4. The first-order valence-electron chi connectivity index (χ1n) is 8.07. The van der Waals surface area contributed by atoms with Crippen LogP contribution in [0.3, 0.4) is 0 Å². The van der Waals surface area contributed by atoms with E-state index in [0.717, 1.165) is 12.2 Å². The van der Waals surface area contributed by atoms with Crippen LogP contribution in [0.4, 0.5) is 0 Å². The monoisotopic (exact) mass is 462 g/mol. The van der Waals surface area contributed by atoms with Gasteiger partial charge in [0.1, 0.15) is 0 Å². The molecule has 0 bridgehead atoms. The zero-order valence-electron chi connectivity index (χ0n) is 14.0. The Balaban J connectivity index is 0.00000113. The van der Waals surface area contributed by atoms with Gasteiger partial charge < -0.3 is 24.8 Å². The van der Waals surface area contributed by atoms with Crippen LogP contribution in [0.2, 0.25) is 0 Å². The van der Waals surface area contributed by atoms with Gasteiger partial charge in [-0.3, -0.25) is 0 Å². The summed E-state index contributed by atoms with van der Waals surface area (Å²) >= 11 is -0.589. The summed E-state index contributed by atoms with van der Waals surface area (Å²) in [6, 6.07) is 20.1. The standard InChI is InChI=1S/C16H14P.C5H5.2ClH.Zr/c1-12-11-13-7-5-6-10-15(13)16(12)17-14-8-3-2-4-9-14;1-2-4-5-3-1;;;/h2-11,17H,1H3;1-3H,4H2;2*1H;/q;;;;+2/p-2. The van der Waals surface area contributed by atoms with E-state index in [9.17, 15) is 0 Å². The quantitative estimate of drug-likeness (QED) is 0.531. The number of hydrogen-bond donors (Lipinski definition) is 0. The van der Waals surface area contributed by atoms with Crippen molar-refractivity contribution in [2.45, 2.75) is 17.0 Å². The van der Waals surface area contributed by atoms with Gasteiger partial charge in [-0.1, -0.05) is 0 Å². The first-order valence-corrected chi connectivity index (χ1v) is 11.7. The van der Waals surface area contributed by atoms with Crippen LogP contribution in [0, 0.1) is 0 Å². The van der Waals surface area contributed by atoms with Crippen LogP contribution >= 0.6 is 8.58 Å². The van der Waals surface area contributed by atoms with Gasteiger partial charge in [-0.2, -0.15) is 0 Å². The minimum absolute atomic E-state index is 0. The Kier molecular flexibility index (Phi) is 7.91. The normalized spacial score (nSPS) is 17.8. The van der Waals surface area contributed by atoms with E-state index in [4.69, 9.17) is 0 Å². The smallest absolute Gasteiger partial charge is 1.00 e. The third kappa shape index (κ3) is 4.46. The summed E-state index contributed by atoms with van der Waals surface area (Å²) in [4.78, 5) is 0. The van der Waals surface area contributed by atoms with Gasteiger partial charge in [-0.05, 0) is 0 Å². The predicted molar refractivity (Wildman–Crippen MR) is 98.0 cm³/mol. The molecule has 0 nitrogen and oxygen atoms in total. The van der Waals surface area contributed by atoms with Gasteiger partial charge in [0, 0.05) is 0 Å². The topological polar surface area (TPSA) is 0 Å². The van der Waals surface area contributed by atoms with Crippen LogP contribution in [0.15, 0.2) is 81.7 Å². The summed E-state index contributed by atoms with van der Waals surface area (Å²) in [6.07, 6.45) is 8.12. The molecule has 0 aromatic heterocycles. The second kappa shape index (κ2) is 9.48. The Morgan fingerprint density at radius 1 is 0.960 bits per heavy atom. The fraction of sp³-hybridized carbons (Fsp3) is 0.143. The van der Waals surface area contributed by atoms with Crippen molar-refractivity contribution in [2.24, 2.45) is 0 Å². The van der Waals surface area contributed by atoms with Crippen molar-refractivity contribution in [3.63, 3.8) is 0 Å². The Hall–Kier alpha value is -0.447. The molecule has 4 heteroatoms. The van der Waals surface area contributed by atoms with Crippen LogP contribution in [-0.2, 0) is 23.2 Å². The molecule has 0 aliphatic heterocycles. The van der Waals surface area contributed by atoms with Crippen LogP contribution < -0.4 is 30.1 Å². The van der Waals surface area contributed by atoms with Gasteiger partial charge in [0.25, 0.3) is 0 Å². The summed E-state index contributed by atoms with van der Waals surface area (Å²) in [5, 5.41) is 3.05. The molecule has 2 aromatic rings. The Morgan fingerprint density at radius 2 is 1.68 bits per heavy atom. The van der Waals surface area contributed by atoms with E-state index < -0.39 is 23.2 Å². The first-order chi connectivity index (χ1) is 11.3. The SMILES string of the molecule is CC1=C(Pc2ccccc2)c2ccccc2[CH]1[Zr+2][C]1=CC=CC1.[Cl-].[Cl-]. The average molecular weight is 464 g/mol. The van der Waals surface area contributed by atoms with Gasteiger partial charge in [-0.15, -0.1) is 0 Å². The molecule has 0 amide bonds. The zero-order valence-corrected chi connectivity index (χ0v) is 18.9. The van der Waals surface area contributed by atoms with E-state index in [0.29, 0.717) is 0 Å². The molecule has 2 aliphatic rings. The van der Waals surface area contributed by atoms with Gasteiger partial charge in [-0.25, -0.2) is 0 Å². The molecule has 0 heterocycles. The molecule has 2 aromatic carbocycles. The van der Waals surface area contributed by atoms with E-state index >= 15 is 0 Å². The second-order valence-electron chi connectivity index (χ2n) is 6.04. The molecule has 0 saturated heterocycles. The largest absolute Gasteiger partial charge is 1.00 e. The van der Waals surface area contributed by atoms with Crippen LogP contribution in [0.25, 0.3) is 5.31 Å². The van der Waals surface area contributed by atoms with E-state index in [1.807, 2.05) is 0 Å². The third-order valence-corrected chi connectivity index (χ3v) is 10.4. The Morgan fingerprint density at radius 3 is 2.40 bits per heavy atom. The van der Waals surface area contributed by atoms with Crippen molar-refractivity contribution < 1.29 is 48.0 Å².